The van der Waals surface area contributed by atoms with Crippen molar-refractivity contribution in [1.82, 2.24) is 10.2 Å². The Labute approximate surface area is 174 Å². The van der Waals surface area contributed by atoms with Crippen LogP contribution < -0.4 is 5.32 Å². The number of carbonyl (C=O) groups excluding carboxylic acids is 2. The van der Waals surface area contributed by atoms with Crippen molar-refractivity contribution in [1.29, 1.82) is 0 Å². The van der Waals surface area contributed by atoms with Crippen LogP contribution in [0.5, 0.6) is 0 Å². The zero-order chi connectivity index (χ0) is 20.5. The number of hydrogen-bond donors (Lipinski definition) is 1. The highest BCUT2D eigenvalue weighted by Gasteiger charge is 2.28. The molecule has 0 aromatic heterocycles. The average molecular weight is 423 g/mol. The van der Waals surface area contributed by atoms with E-state index < -0.39 is 6.04 Å². The third-order valence-corrected chi connectivity index (χ3v) is 5.71. The van der Waals surface area contributed by atoms with Crippen molar-refractivity contribution in [2.45, 2.75) is 31.7 Å². The largest absolute Gasteiger partial charge is 0.357 e. The topological polar surface area (TPSA) is 49.4 Å². The van der Waals surface area contributed by atoms with Crippen LogP contribution >= 0.6 is 23.4 Å². The number of likely N-dealkylation sites (N-methyl/N-ethyl adjacent to an activating group) is 1. The lowest BCUT2D eigenvalue weighted by atomic mass is 10.1. The number of nitrogens with one attached hydrogen (secondary N) is 1. The molecule has 150 valence electrons. The number of halogens is 2. The minimum atomic E-state index is -0.595. The summed E-state index contributed by atoms with van der Waals surface area (Å²) in [6, 6.07) is 13.2. The van der Waals surface area contributed by atoms with Gasteiger partial charge in [-0.1, -0.05) is 54.9 Å². The Morgan fingerprint density at radius 1 is 1.14 bits per heavy atom. The molecule has 0 fully saturated rings. The number of rotatable bonds is 9. The number of benzene rings is 2. The molecule has 28 heavy (non-hydrogen) atoms. The molecule has 1 N–H and O–H groups in total. The van der Waals surface area contributed by atoms with Crippen molar-refractivity contribution in [2.75, 3.05) is 12.8 Å². The van der Waals surface area contributed by atoms with Crippen LogP contribution in [-0.2, 0) is 21.9 Å². The van der Waals surface area contributed by atoms with Gasteiger partial charge in [0.15, 0.2) is 0 Å². The lowest BCUT2D eigenvalue weighted by Gasteiger charge is -2.30. The highest BCUT2D eigenvalue weighted by molar-refractivity contribution is 7.99. The Morgan fingerprint density at radius 3 is 2.39 bits per heavy atom. The van der Waals surface area contributed by atoms with E-state index in [1.165, 1.54) is 17.8 Å². The van der Waals surface area contributed by atoms with Crippen LogP contribution in [0, 0.1) is 5.82 Å². The summed E-state index contributed by atoms with van der Waals surface area (Å²) in [7, 11) is 1.55. The summed E-state index contributed by atoms with van der Waals surface area (Å²) in [5.41, 5.74) is 1.33. The number of carbonyl (C=O) groups is 2. The van der Waals surface area contributed by atoms with Gasteiger partial charge in [-0.25, -0.2) is 4.39 Å². The molecule has 0 aliphatic rings. The summed E-state index contributed by atoms with van der Waals surface area (Å²) in [6.07, 6.45) is 0.480. The van der Waals surface area contributed by atoms with Crippen molar-refractivity contribution in [2.24, 2.45) is 0 Å². The fraction of sp³-hybridized carbons (Fsp3) is 0.333. The zero-order valence-electron chi connectivity index (χ0n) is 16.0. The van der Waals surface area contributed by atoms with E-state index in [-0.39, 0.29) is 29.9 Å². The van der Waals surface area contributed by atoms with Crippen LogP contribution in [0.2, 0.25) is 5.02 Å². The van der Waals surface area contributed by atoms with Crippen LogP contribution in [0.15, 0.2) is 48.5 Å². The first-order valence-electron chi connectivity index (χ1n) is 9.03. The molecular formula is C21H24ClFN2O2S. The van der Waals surface area contributed by atoms with E-state index in [1.54, 1.807) is 36.2 Å². The summed E-state index contributed by atoms with van der Waals surface area (Å²) in [6.45, 7) is 2.10. The molecule has 1 atom stereocenters. The van der Waals surface area contributed by atoms with Crippen LogP contribution in [0.25, 0.3) is 0 Å². The van der Waals surface area contributed by atoms with E-state index in [2.05, 4.69) is 5.32 Å². The van der Waals surface area contributed by atoms with E-state index in [1.807, 2.05) is 25.1 Å². The normalized spacial score (nSPS) is 11.7. The Kier molecular flexibility index (Phi) is 8.80. The van der Waals surface area contributed by atoms with Gasteiger partial charge in [-0.3, -0.25) is 9.59 Å². The first-order valence-corrected chi connectivity index (χ1v) is 10.6. The lowest BCUT2D eigenvalue weighted by molar-refractivity contribution is -0.139. The molecule has 2 rings (SSSR count). The first kappa shape index (κ1) is 22.2. The predicted molar refractivity (Wildman–Crippen MR) is 113 cm³/mol. The Balaban J connectivity index is 2.12. The monoisotopic (exact) mass is 422 g/mol. The standard InChI is InChI=1S/C21H24ClFN2O2S/c1-3-19(21(27)24-2)25(12-15-8-4-6-10-17(15)22)20(26)14-28-13-16-9-5-7-11-18(16)23/h4-11,19H,3,12-14H2,1-2H3,(H,24,27)/t19-/m0/s1. The van der Waals surface area contributed by atoms with Gasteiger partial charge in [0.1, 0.15) is 11.9 Å². The molecule has 0 saturated heterocycles. The second-order valence-electron chi connectivity index (χ2n) is 6.24. The molecule has 0 radical (unpaired) electrons. The number of amides is 2. The minimum absolute atomic E-state index is 0.145. The predicted octanol–water partition coefficient (Wildman–Crippen LogP) is 4.27. The molecule has 0 heterocycles. The van der Waals surface area contributed by atoms with Gasteiger partial charge in [0, 0.05) is 24.4 Å². The summed E-state index contributed by atoms with van der Waals surface area (Å²) < 4.78 is 13.8. The van der Waals surface area contributed by atoms with Crippen LogP contribution in [0.1, 0.15) is 24.5 Å². The highest BCUT2D eigenvalue weighted by Crippen LogP contribution is 2.21. The fourth-order valence-corrected chi connectivity index (χ4v) is 3.93. The second kappa shape index (κ2) is 11.1. The molecular weight excluding hydrogens is 399 g/mol. The maximum atomic E-state index is 13.8. The SMILES string of the molecule is CC[C@@H](C(=O)NC)N(Cc1ccccc1Cl)C(=O)CSCc1ccccc1F. The second-order valence-corrected chi connectivity index (χ2v) is 7.63. The van der Waals surface area contributed by atoms with Gasteiger partial charge in [-0.2, -0.15) is 0 Å². The maximum Gasteiger partial charge on any atom is 0.242 e. The third kappa shape index (κ3) is 5.97. The first-order chi connectivity index (χ1) is 13.5. The van der Waals surface area contributed by atoms with Gasteiger partial charge in [-0.05, 0) is 29.7 Å². The molecule has 0 saturated carbocycles. The van der Waals surface area contributed by atoms with E-state index in [4.69, 9.17) is 11.6 Å². The molecule has 4 nitrogen and oxygen atoms in total. The van der Waals surface area contributed by atoms with Crippen molar-refractivity contribution in [3.05, 3.63) is 70.5 Å². The fourth-order valence-electron chi connectivity index (χ4n) is 2.84. The Morgan fingerprint density at radius 2 is 1.79 bits per heavy atom. The van der Waals surface area contributed by atoms with Gasteiger partial charge in [0.05, 0.1) is 5.75 Å². The molecule has 0 unspecified atom stereocenters. The van der Waals surface area contributed by atoms with E-state index >= 15 is 0 Å². The smallest absolute Gasteiger partial charge is 0.242 e. The molecule has 7 heteroatoms. The van der Waals surface area contributed by atoms with E-state index in [0.29, 0.717) is 22.8 Å². The summed E-state index contributed by atoms with van der Waals surface area (Å²) >= 11 is 7.57. The highest BCUT2D eigenvalue weighted by atomic mass is 35.5. The van der Waals surface area contributed by atoms with E-state index in [0.717, 1.165) is 5.56 Å². The third-order valence-electron chi connectivity index (χ3n) is 4.37. The van der Waals surface area contributed by atoms with Gasteiger partial charge in [-0.15, -0.1) is 11.8 Å². The maximum absolute atomic E-state index is 13.8. The Hall–Kier alpha value is -2.05. The molecule has 0 bridgehead atoms. The summed E-state index contributed by atoms with van der Waals surface area (Å²) in [4.78, 5) is 26.8. The van der Waals surface area contributed by atoms with Gasteiger partial charge >= 0.3 is 0 Å². The molecule has 2 aromatic carbocycles. The molecule has 0 aliphatic heterocycles. The molecule has 0 aliphatic carbocycles. The van der Waals surface area contributed by atoms with Crippen LogP contribution in [0.3, 0.4) is 0 Å². The number of thioether (sulfide) groups is 1. The molecule has 0 spiro atoms. The van der Waals surface area contributed by atoms with Crippen molar-refractivity contribution in [3.63, 3.8) is 0 Å². The zero-order valence-corrected chi connectivity index (χ0v) is 17.5. The quantitative estimate of drug-likeness (QED) is 0.656. The molecule has 2 aromatic rings. The van der Waals surface area contributed by atoms with Crippen molar-refractivity contribution in [3.8, 4) is 0 Å². The van der Waals surface area contributed by atoms with Crippen molar-refractivity contribution < 1.29 is 14.0 Å². The van der Waals surface area contributed by atoms with Gasteiger partial charge in [0.25, 0.3) is 0 Å². The average Bonchev–Trinajstić information content (AvgIpc) is 2.70. The van der Waals surface area contributed by atoms with E-state index in [9.17, 15) is 14.0 Å². The van der Waals surface area contributed by atoms with Crippen molar-refractivity contribution >= 4 is 35.2 Å². The number of nitrogens with zero attached hydrogens (tertiary/aromatic N) is 1. The Bertz CT molecular complexity index is 818. The van der Waals surface area contributed by atoms with Crippen LogP contribution in [0.4, 0.5) is 4.39 Å². The van der Waals surface area contributed by atoms with Crippen LogP contribution in [-0.4, -0.2) is 35.6 Å². The lowest BCUT2D eigenvalue weighted by Crippen LogP contribution is -2.48. The molecule has 2 amide bonds. The van der Waals surface area contributed by atoms with Gasteiger partial charge < -0.3 is 10.2 Å². The van der Waals surface area contributed by atoms with Gasteiger partial charge in [0.2, 0.25) is 11.8 Å². The minimum Gasteiger partial charge on any atom is -0.357 e. The summed E-state index contributed by atoms with van der Waals surface area (Å²) in [5, 5.41) is 3.17. The number of hydrogen-bond acceptors (Lipinski definition) is 3. The summed E-state index contributed by atoms with van der Waals surface area (Å²) in [5.74, 6) is -0.160.